The molecule has 0 aromatic heterocycles. The van der Waals surface area contributed by atoms with Gasteiger partial charge in [-0.1, -0.05) is 48.5 Å². The van der Waals surface area contributed by atoms with E-state index in [0.29, 0.717) is 24.1 Å². The predicted molar refractivity (Wildman–Crippen MR) is 136 cm³/mol. The number of carbonyl (C=O) groups excluding carboxylic acids is 4. The monoisotopic (exact) mass is 497 g/mol. The van der Waals surface area contributed by atoms with E-state index in [0.717, 1.165) is 5.56 Å². The molecule has 3 atom stereocenters. The average Bonchev–Trinajstić information content (AvgIpc) is 3.51. The van der Waals surface area contributed by atoms with Crippen molar-refractivity contribution in [3.05, 3.63) is 102 Å². The Kier molecular flexibility index (Phi) is 6.72. The lowest BCUT2D eigenvalue weighted by Gasteiger charge is -2.28. The number of ketones is 1. The largest absolute Gasteiger partial charge is 0.508 e. The summed E-state index contributed by atoms with van der Waals surface area (Å²) in [4.78, 5) is 56.1. The van der Waals surface area contributed by atoms with E-state index in [2.05, 4.69) is 5.32 Å². The summed E-state index contributed by atoms with van der Waals surface area (Å²) in [6.07, 6.45) is 0.672. The van der Waals surface area contributed by atoms with Gasteiger partial charge in [-0.25, -0.2) is 0 Å². The van der Waals surface area contributed by atoms with Crippen molar-refractivity contribution in [3.63, 3.8) is 0 Å². The minimum atomic E-state index is -0.928. The van der Waals surface area contributed by atoms with Crippen LogP contribution in [-0.2, 0) is 16.0 Å². The molecule has 2 aliphatic heterocycles. The summed E-state index contributed by atoms with van der Waals surface area (Å²) in [6.45, 7) is 0.262. The summed E-state index contributed by atoms with van der Waals surface area (Å²) in [6, 6.07) is 21.8. The number of phenolic OH excluding ortho intramolecular Hbond substituents is 1. The van der Waals surface area contributed by atoms with Crippen LogP contribution in [-0.4, -0.2) is 69.6 Å². The fourth-order valence-electron chi connectivity index (χ4n) is 5.18. The van der Waals surface area contributed by atoms with Crippen molar-refractivity contribution >= 4 is 23.5 Å². The molecule has 3 aromatic carbocycles. The van der Waals surface area contributed by atoms with Crippen LogP contribution in [0.2, 0.25) is 0 Å². The van der Waals surface area contributed by atoms with Gasteiger partial charge in [0.25, 0.3) is 11.8 Å². The maximum absolute atomic E-state index is 13.8. The Bertz CT molecular complexity index is 1310. The zero-order chi connectivity index (χ0) is 25.9. The van der Waals surface area contributed by atoms with Gasteiger partial charge >= 0.3 is 0 Å². The number of nitrogens with one attached hydrogen (secondary N) is 1. The highest BCUT2D eigenvalue weighted by molar-refractivity contribution is 6.03. The molecule has 0 spiro atoms. The Labute approximate surface area is 214 Å². The predicted octanol–water partition coefficient (Wildman–Crippen LogP) is 2.43. The molecule has 0 saturated carbocycles. The first-order valence-electron chi connectivity index (χ1n) is 12.3. The smallest absolute Gasteiger partial charge is 0.254 e. The summed E-state index contributed by atoms with van der Waals surface area (Å²) >= 11 is 0. The van der Waals surface area contributed by atoms with Gasteiger partial charge < -0.3 is 20.2 Å². The Hall–Kier alpha value is -4.46. The molecular formula is C29H27N3O5. The molecule has 5 rings (SSSR count). The number of Topliss-reactive ketones (excluding diaryl/α,β-unsaturated/α-hetero) is 1. The summed E-state index contributed by atoms with van der Waals surface area (Å²) in [5.74, 6) is -1.08. The molecule has 37 heavy (non-hydrogen) atoms. The SMILES string of the molecule is O=C(N[C@@H](Cc1ccc(O)cc1)C(=O)N1CC[C@@H]2[C@H]1C(=O)CN2C(=O)c1ccccc1)c1ccccc1. The number of amides is 3. The minimum absolute atomic E-state index is 0.0498. The second kappa shape index (κ2) is 10.3. The van der Waals surface area contributed by atoms with Crippen molar-refractivity contribution in [2.45, 2.75) is 31.0 Å². The first-order chi connectivity index (χ1) is 17.9. The van der Waals surface area contributed by atoms with Crippen molar-refractivity contribution in [2.75, 3.05) is 13.1 Å². The van der Waals surface area contributed by atoms with E-state index >= 15 is 0 Å². The van der Waals surface area contributed by atoms with Crippen LogP contribution in [0.5, 0.6) is 5.75 Å². The number of rotatable bonds is 6. The summed E-state index contributed by atoms with van der Waals surface area (Å²) < 4.78 is 0. The van der Waals surface area contributed by atoms with Gasteiger partial charge in [0.05, 0.1) is 12.6 Å². The van der Waals surface area contributed by atoms with Gasteiger partial charge in [0.15, 0.2) is 5.78 Å². The third-order valence-electron chi connectivity index (χ3n) is 7.00. The molecule has 2 heterocycles. The van der Waals surface area contributed by atoms with Crippen LogP contribution in [0.1, 0.15) is 32.7 Å². The van der Waals surface area contributed by atoms with Crippen molar-refractivity contribution < 1.29 is 24.3 Å². The van der Waals surface area contributed by atoms with E-state index in [9.17, 15) is 24.3 Å². The van der Waals surface area contributed by atoms with Crippen LogP contribution in [0, 0.1) is 0 Å². The standard InChI is InChI=1S/C29H27N3O5/c33-22-13-11-19(12-14-22)17-23(30-27(35)20-7-3-1-4-8-20)29(37)31-16-15-24-26(31)25(34)18-32(24)28(36)21-9-5-2-6-10-21/h1-14,23-24,26,33H,15-18H2,(H,30,35)/t23-,24+,26-/m0/s1. The number of likely N-dealkylation sites (tertiary alicyclic amines) is 2. The molecule has 2 fully saturated rings. The number of benzene rings is 3. The minimum Gasteiger partial charge on any atom is -0.508 e. The lowest BCUT2D eigenvalue weighted by Crippen LogP contribution is -2.53. The Balaban J connectivity index is 1.38. The number of hydrogen-bond acceptors (Lipinski definition) is 5. The van der Waals surface area contributed by atoms with E-state index in [4.69, 9.17) is 0 Å². The van der Waals surface area contributed by atoms with Crippen molar-refractivity contribution in [1.29, 1.82) is 0 Å². The molecule has 8 nitrogen and oxygen atoms in total. The molecular weight excluding hydrogens is 470 g/mol. The van der Waals surface area contributed by atoms with E-state index in [1.54, 1.807) is 71.6 Å². The zero-order valence-corrected chi connectivity index (χ0v) is 20.1. The second-order valence-corrected chi connectivity index (χ2v) is 9.36. The maximum Gasteiger partial charge on any atom is 0.254 e. The Morgan fingerprint density at radius 3 is 2.14 bits per heavy atom. The first kappa shape index (κ1) is 24.2. The van der Waals surface area contributed by atoms with E-state index in [1.807, 2.05) is 6.07 Å². The maximum atomic E-state index is 13.8. The lowest BCUT2D eigenvalue weighted by atomic mass is 10.0. The van der Waals surface area contributed by atoms with E-state index < -0.39 is 24.0 Å². The topological polar surface area (TPSA) is 107 Å². The van der Waals surface area contributed by atoms with Crippen LogP contribution in [0.25, 0.3) is 0 Å². The zero-order valence-electron chi connectivity index (χ0n) is 20.1. The highest BCUT2D eigenvalue weighted by Gasteiger charge is 2.52. The quantitative estimate of drug-likeness (QED) is 0.544. The molecule has 0 bridgehead atoms. The third kappa shape index (κ3) is 4.95. The molecule has 8 heteroatoms. The lowest BCUT2D eigenvalue weighted by molar-refractivity contribution is -0.138. The Morgan fingerprint density at radius 1 is 0.865 bits per heavy atom. The highest BCUT2D eigenvalue weighted by Crippen LogP contribution is 2.31. The van der Waals surface area contributed by atoms with Crippen LogP contribution in [0.3, 0.4) is 0 Å². The molecule has 3 aromatic rings. The molecule has 0 aliphatic carbocycles. The van der Waals surface area contributed by atoms with Gasteiger partial charge in [-0.15, -0.1) is 0 Å². The van der Waals surface area contributed by atoms with E-state index in [-0.39, 0.29) is 36.3 Å². The van der Waals surface area contributed by atoms with Crippen molar-refractivity contribution in [1.82, 2.24) is 15.1 Å². The van der Waals surface area contributed by atoms with Gasteiger partial charge in [-0.2, -0.15) is 0 Å². The fraction of sp³-hybridized carbons (Fsp3) is 0.241. The molecule has 3 amide bonds. The average molecular weight is 498 g/mol. The molecule has 0 radical (unpaired) electrons. The first-order valence-corrected chi connectivity index (χ1v) is 12.3. The number of hydrogen-bond donors (Lipinski definition) is 2. The van der Waals surface area contributed by atoms with Crippen LogP contribution < -0.4 is 5.32 Å². The van der Waals surface area contributed by atoms with E-state index in [1.165, 1.54) is 17.0 Å². The number of carbonyl (C=O) groups is 4. The normalized spacial score (nSPS) is 19.4. The van der Waals surface area contributed by atoms with Gasteiger partial charge in [0, 0.05) is 24.1 Å². The summed E-state index contributed by atoms with van der Waals surface area (Å²) in [5.41, 5.74) is 1.67. The van der Waals surface area contributed by atoms with Crippen molar-refractivity contribution in [3.8, 4) is 5.75 Å². The van der Waals surface area contributed by atoms with Gasteiger partial charge in [-0.05, 0) is 48.4 Å². The number of phenols is 1. The number of nitrogens with zero attached hydrogens (tertiary/aromatic N) is 2. The molecule has 0 unspecified atom stereocenters. The molecule has 188 valence electrons. The molecule has 2 saturated heterocycles. The van der Waals surface area contributed by atoms with Crippen LogP contribution >= 0.6 is 0 Å². The van der Waals surface area contributed by atoms with Crippen LogP contribution in [0.15, 0.2) is 84.9 Å². The van der Waals surface area contributed by atoms with Gasteiger partial charge in [-0.3, -0.25) is 19.2 Å². The summed E-state index contributed by atoms with van der Waals surface area (Å²) in [7, 11) is 0. The van der Waals surface area contributed by atoms with Gasteiger partial charge in [0.2, 0.25) is 5.91 Å². The van der Waals surface area contributed by atoms with Gasteiger partial charge in [0.1, 0.15) is 17.8 Å². The van der Waals surface area contributed by atoms with Crippen molar-refractivity contribution in [2.24, 2.45) is 0 Å². The van der Waals surface area contributed by atoms with Crippen LogP contribution in [0.4, 0.5) is 0 Å². The third-order valence-corrected chi connectivity index (χ3v) is 7.00. The highest BCUT2D eigenvalue weighted by atomic mass is 16.3. The number of aromatic hydroxyl groups is 1. The fourth-order valence-corrected chi connectivity index (χ4v) is 5.18. The Morgan fingerprint density at radius 2 is 1.49 bits per heavy atom. The second-order valence-electron chi connectivity index (χ2n) is 9.36. The molecule has 2 N–H and O–H groups in total. The molecule has 2 aliphatic rings. The number of fused-ring (bicyclic) bond motifs is 1. The summed E-state index contributed by atoms with van der Waals surface area (Å²) in [5, 5.41) is 12.5.